The highest BCUT2D eigenvalue weighted by Gasteiger charge is 2.55. The Bertz CT molecular complexity index is 1040. The maximum Gasteiger partial charge on any atom is 0.329 e. The molecule has 0 aliphatic carbocycles. The molecule has 1 fully saturated rings. The number of aromatic amines is 1. The number of nitrogens with one attached hydrogen (secondary N) is 1. The van der Waals surface area contributed by atoms with Crippen molar-refractivity contribution in [1.29, 1.82) is 0 Å². The van der Waals surface area contributed by atoms with Gasteiger partial charge in [0.05, 0.1) is 28.8 Å². The van der Waals surface area contributed by atoms with E-state index in [9.17, 15) is 13.8 Å². The summed E-state index contributed by atoms with van der Waals surface area (Å²) in [4.78, 5) is 26.5. The molecule has 4 atom stereocenters. The Balaban J connectivity index is 2.54. The van der Waals surface area contributed by atoms with E-state index in [4.69, 9.17) is 8.85 Å². The van der Waals surface area contributed by atoms with Crippen LogP contribution in [0.15, 0.2) is 15.8 Å². The minimum atomic E-state index is -2.18. The Labute approximate surface area is 209 Å². The summed E-state index contributed by atoms with van der Waals surface area (Å²) in [5.41, 5.74) is -0.418. The van der Waals surface area contributed by atoms with Gasteiger partial charge in [0.25, 0.3) is 5.56 Å². The first-order valence-electron chi connectivity index (χ1n) is 12.3. The number of aryl methyl sites for hydroxylation is 1. The van der Waals surface area contributed by atoms with Gasteiger partial charge in [0.2, 0.25) is 0 Å². The van der Waals surface area contributed by atoms with Gasteiger partial charge in [0.1, 0.15) is 4.87 Å². The van der Waals surface area contributed by atoms with E-state index in [0.717, 1.165) is 0 Å². The van der Waals surface area contributed by atoms with Crippen molar-refractivity contribution >= 4 is 27.4 Å². The predicted octanol–water partition coefficient (Wildman–Crippen LogP) is 4.70. The maximum atomic E-state index is 14.1. The van der Waals surface area contributed by atoms with Gasteiger partial charge in [-0.2, -0.15) is 0 Å². The van der Waals surface area contributed by atoms with E-state index in [2.05, 4.69) is 72.7 Å². The van der Waals surface area contributed by atoms with Crippen LogP contribution in [0.3, 0.4) is 0 Å². The van der Waals surface area contributed by atoms with Crippen LogP contribution in [-0.2, 0) is 30.9 Å². The molecule has 1 aromatic rings. The first kappa shape index (κ1) is 29.4. The number of hydrogen-bond acceptors (Lipinski definition) is 5. The number of rotatable bonds is 7. The van der Waals surface area contributed by atoms with Gasteiger partial charge in [-0.05, 0) is 49.6 Å². The third-order valence-corrected chi connectivity index (χ3v) is 19.5. The monoisotopic (exact) mass is 530 g/mol. The lowest BCUT2D eigenvalue weighted by Gasteiger charge is -2.40. The Morgan fingerprint density at radius 2 is 1.62 bits per heavy atom. The molecule has 0 radical (unpaired) electrons. The molecule has 1 aromatic heterocycles. The second-order valence-electron chi connectivity index (χ2n) is 12.8. The van der Waals surface area contributed by atoms with Gasteiger partial charge in [-0.25, -0.2) is 4.79 Å². The van der Waals surface area contributed by atoms with E-state index in [0.29, 0.717) is 25.0 Å². The molecule has 0 amide bonds. The molecule has 0 spiro atoms. The zero-order valence-corrected chi connectivity index (χ0v) is 26.1. The number of aromatic nitrogens is 2. The highest BCUT2D eigenvalue weighted by atomic mass is 32.2. The van der Waals surface area contributed by atoms with E-state index < -0.39 is 38.0 Å². The fourth-order valence-corrected chi connectivity index (χ4v) is 8.24. The van der Waals surface area contributed by atoms with Crippen molar-refractivity contribution in [3.05, 3.63) is 32.6 Å². The van der Waals surface area contributed by atoms with Crippen molar-refractivity contribution in [2.45, 2.75) is 121 Å². The van der Waals surface area contributed by atoms with E-state index in [1.54, 1.807) is 6.20 Å². The molecule has 1 N–H and O–H groups in total. The summed E-state index contributed by atoms with van der Waals surface area (Å²) in [6.45, 7) is 25.9. The van der Waals surface area contributed by atoms with Crippen LogP contribution in [0.4, 0.5) is 0 Å². The molecule has 0 bridgehead atoms. The van der Waals surface area contributed by atoms with Gasteiger partial charge < -0.3 is 8.85 Å². The van der Waals surface area contributed by atoms with Crippen molar-refractivity contribution in [3.8, 4) is 0 Å². The highest BCUT2D eigenvalue weighted by Crippen LogP contribution is 2.45. The van der Waals surface area contributed by atoms with Crippen LogP contribution < -0.4 is 11.2 Å². The third-order valence-electron chi connectivity index (χ3n) is 8.28. The molecule has 10 heteroatoms. The standard InChI is InChI=1S/C24H46N2O5SSi2/c1-13-17-15-26(21(28)25-20(17)27)24(8)14-18(31-34(11,12)23(5,6)7)19(32(24)29)16-30-33(9,10)22(2,3)4/h15,18-19H,13-14,16H2,1-12H3,(H,25,27,28)/t18-,19+,24+,32?/m0/s1. The van der Waals surface area contributed by atoms with Crippen LogP contribution in [0.5, 0.6) is 0 Å². The molecule has 0 aromatic carbocycles. The molecule has 7 nitrogen and oxygen atoms in total. The summed E-state index contributed by atoms with van der Waals surface area (Å²) in [5.74, 6) is 0. The first-order chi connectivity index (χ1) is 15.2. The number of hydrogen-bond donors (Lipinski definition) is 1. The van der Waals surface area contributed by atoms with Crippen molar-refractivity contribution in [2.75, 3.05) is 6.61 Å². The maximum absolute atomic E-state index is 14.1. The largest absolute Gasteiger partial charge is 0.416 e. The van der Waals surface area contributed by atoms with E-state index in [1.807, 2.05) is 13.8 Å². The zero-order valence-electron chi connectivity index (χ0n) is 23.3. The summed E-state index contributed by atoms with van der Waals surface area (Å²) in [7, 11) is -5.72. The number of nitrogens with zero attached hydrogens (tertiary/aromatic N) is 1. The van der Waals surface area contributed by atoms with Gasteiger partial charge >= 0.3 is 5.69 Å². The predicted molar refractivity (Wildman–Crippen MR) is 146 cm³/mol. The summed E-state index contributed by atoms with van der Waals surface area (Å²) < 4.78 is 28.9. The van der Waals surface area contributed by atoms with E-state index in [1.165, 1.54) is 4.57 Å². The Morgan fingerprint density at radius 3 is 2.09 bits per heavy atom. The van der Waals surface area contributed by atoms with E-state index >= 15 is 0 Å². The van der Waals surface area contributed by atoms with Gasteiger partial charge in [-0.1, -0.05) is 48.5 Å². The summed E-state index contributed by atoms with van der Waals surface area (Å²) >= 11 is 0. The molecule has 0 saturated carbocycles. The lowest BCUT2D eigenvalue weighted by molar-refractivity contribution is 0.135. The van der Waals surface area contributed by atoms with Crippen LogP contribution >= 0.6 is 0 Å². The van der Waals surface area contributed by atoms with Gasteiger partial charge in [0.15, 0.2) is 16.6 Å². The molecule has 1 aliphatic heterocycles. The van der Waals surface area contributed by atoms with Crippen LogP contribution in [0.25, 0.3) is 0 Å². The van der Waals surface area contributed by atoms with Crippen molar-refractivity contribution in [3.63, 3.8) is 0 Å². The fraction of sp³-hybridized carbons (Fsp3) is 0.833. The highest BCUT2D eigenvalue weighted by molar-refractivity contribution is 7.86. The van der Waals surface area contributed by atoms with Gasteiger partial charge in [0, 0.05) is 18.2 Å². The average molecular weight is 531 g/mol. The molecular weight excluding hydrogens is 485 g/mol. The average Bonchev–Trinajstić information content (AvgIpc) is 2.88. The smallest absolute Gasteiger partial charge is 0.329 e. The molecule has 1 unspecified atom stereocenters. The number of H-pyrrole nitrogens is 1. The third kappa shape index (κ3) is 5.61. The fourth-order valence-electron chi connectivity index (χ4n) is 3.71. The molecular formula is C24H46N2O5SSi2. The summed E-state index contributed by atoms with van der Waals surface area (Å²) in [6, 6.07) is 0. The van der Waals surface area contributed by atoms with Gasteiger partial charge in [-0.3, -0.25) is 18.6 Å². The SMILES string of the molecule is CCc1cn([C@@]2(C)C[C@H](O[Si](C)(C)C(C)(C)C)[C@@H](CO[Si](C)(C)C(C)(C)C)S2=O)c(=O)[nH]c1=O. The zero-order chi connectivity index (χ0) is 26.5. The second kappa shape index (κ2) is 9.57. The quantitative estimate of drug-likeness (QED) is 0.516. The van der Waals surface area contributed by atoms with Crippen LogP contribution in [0, 0.1) is 0 Å². The Kier molecular flexibility index (Phi) is 8.28. The minimum absolute atomic E-state index is 0.0114. The van der Waals surface area contributed by atoms with Crippen LogP contribution in [-0.4, -0.2) is 48.4 Å². The Morgan fingerprint density at radius 1 is 1.09 bits per heavy atom. The molecule has 1 saturated heterocycles. The lowest BCUT2D eigenvalue weighted by atomic mass is 10.1. The minimum Gasteiger partial charge on any atom is -0.416 e. The Hall–Kier alpha value is -0.816. The topological polar surface area (TPSA) is 90.4 Å². The molecule has 2 rings (SSSR count). The summed E-state index contributed by atoms with van der Waals surface area (Å²) in [6.07, 6.45) is 2.19. The van der Waals surface area contributed by atoms with Crippen molar-refractivity contribution in [1.82, 2.24) is 9.55 Å². The van der Waals surface area contributed by atoms with Crippen molar-refractivity contribution < 1.29 is 13.1 Å². The first-order valence-corrected chi connectivity index (χ1v) is 19.3. The van der Waals surface area contributed by atoms with Gasteiger partial charge in [-0.15, -0.1) is 0 Å². The second-order valence-corrected chi connectivity index (χ2v) is 24.5. The molecule has 2 heterocycles. The molecule has 34 heavy (non-hydrogen) atoms. The lowest BCUT2D eigenvalue weighted by Crippen LogP contribution is -2.48. The molecule has 1 aliphatic rings. The normalized spacial score (nSPS) is 26.8. The summed E-state index contributed by atoms with van der Waals surface area (Å²) in [5, 5.41) is -0.349. The van der Waals surface area contributed by atoms with E-state index in [-0.39, 0.29) is 27.0 Å². The van der Waals surface area contributed by atoms with Crippen molar-refractivity contribution in [2.24, 2.45) is 0 Å². The van der Waals surface area contributed by atoms with Crippen LogP contribution in [0.1, 0.15) is 67.4 Å². The molecule has 196 valence electrons. The van der Waals surface area contributed by atoms with Crippen LogP contribution in [0.2, 0.25) is 36.3 Å².